The number of unbranched alkanes of at least 4 members (excludes halogenated alkanes) is 15. The van der Waals surface area contributed by atoms with Crippen LogP contribution in [0, 0.1) is 0 Å². The Balaban J connectivity index is 1.37. The topological polar surface area (TPSA) is 76.0 Å². The SMILES string of the molecule is CCCCCCCC/C=C\CC[C@H](O)[C@H]1CC[C@H]([C@H](O)CCCCCCCCCCCCC2=C[C@H](C)OC2=O)O1. The van der Waals surface area contributed by atoms with Crippen molar-refractivity contribution in [1.29, 1.82) is 0 Å². The molecule has 0 spiro atoms. The number of allylic oxidation sites excluding steroid dienone is 2. The highest BCUT2D eigenvalue weighted by Crippen LogP contribution is 2.28. The molecule has 2 aliphatic rings. The molecule has 0 radical (unpaired) electrons. The van der Waals surface area contributed by atoms with Gasteiger partial charge in [0, 0.05) is 5.57 Å². The lowest BCUT2D eigenvalue weighted by Gasteiger charge is -2.22. The molecule has 0 aromatic heterocycles. The molecule has 2 rings (SSSR count). The molecule has 40 heavy (non-hydrogen) atoms. The average molecular weight is 563 g/mol. The highest BCUT2D eigenvalue weighted by Gasteiger charge is 2.33. The Morgan fingerprint density at radius 1 is 0.750 bits per heavy atom. The Kier molecular flexibility index (Phi) is 19.6. The number of cyclic esters (lactones) is 1. The van der Waals surface area contributed by atoms with E-state index in [0.29, 0.717) is 0 Å². The number of hydrogen-bond acceptors (Lipinski definition) is 5. The van der Waals surface area contributed by atoms with E-state index in [1.807, 2.05) is 13.0 Å². The third kappa shape index (κ3) is 15.7. The van der Waals surface area contributed by atoms with E-state index in [4.69, 9.17) is 9.47 Å². The smallest absolute Gasteiger partial charge is 0.334 e. The fraction of sp³-hybridized carbons (Fsp3) is 0.857. The Morgan fingerprint density at radius 3 is 1.88 bits per heavy atom. The summed E-state index contributed by atoms with van der Waals surface area (Å²) in [5, 5.41) is 21.2. The average Bonchev–Trinajstić information content (AvgIpc) is 3.56. The fourth-order valence-electron chi connectivity index (χ4n) is 6.07. The van der Waals surface area contributed by atoms with E-state index in [1.165, 1.54) is 89.9 Å². The predicted molar refractivity (Wildman–Crippen MR) is 165 cm³/mol. The fourth-order valence-corrected chi connectivity index (χ4v) is 6.07. The van der Waals surface area contributed by atoms with Crippen molar-refractivity contribution in [2.45, 2.75) is 192 Å². The van der Waals surface area contributed by atoms with E-state index in [0.717, 1.165) is 63.4 Å². The van der Waals surface area contributed by atoms with Gasteiger partial charge >= 0.3 is 5.97 Å². The molecule has 1 saturated heterocycles. The molecule has 0 aromatic carbocycles. The Labute approximate surface area is 246 Å². The number of esters is 1. The van der Waals surface area contributed by atoms with E-state index in [9.17, 15) is 15.0 Å². The molecule has 2 N–H and O–H groups in total. The minimum absolute atomic E-state index is 0.0462. The molecule has 2 aliphatic heterocycles. The van der Waals surface area contributed by atoms with Gasteiger partial charge in [-0.3, -0.25) is 0 Å². The first-order valence-electron chi connectivity index (χ1n) is 17.1. The summed E-state index contributed by atoms with van der Waals surface area (Å²) in [7, 11) is 0. The van der Waals surface area contributed by atoms with E-state index >= 15 is 0 Å². The zero-order valence-electron chi connectivity index (χ0n) is 26.0. The van der Waals surface area contributed by atoms with Crippen LogP contribution < -0.4 is 0 Å². The second-order valence-electron chi connectivity index (χ2n) is 12.4. The summed E-state index contributed by atoms with van der Waals surface area (Å²) in [6.45, 7) is 4.17. The summed E-state index contributed by atoms with van der Waals surface area (Å²) in [5.74, 6) is -0.119. The molecule has 0 unspecified atom stereocenters. The summed E-state index contributed by atoms with van der Waals surface area (Å²) in [5.41, 5.74) is 0.867. The quantitative estimate of drug-likeness (QED) is 0.0660. The van der Waals surface area contributed by atoms with Gasteiger partial charge in [0.05, 0.1) is 24.4 Å². The van der Waals surface area contributed by atoms with Gasteiger partial charge in [0.15, 0.2) is 0 Å². The number of aliphatic hydroxyl groups excluding tert-OH is 2. The minimum Gasteiger partial charge on any atom is -0.455 e. The molecule has 0 saturated carbocycles. The van der Waals surface area contributed by atoms with Gasteiger partial charge in [-0.25, -0.2) is 4.79 Å². The van der Waals surface area contributed by atoms with Gasteiger partial charge in [0.2, 0.25) is 0 Å². The van der Waals surface area contributed by atoms with Crippen LogP contribution in [0.2, 0.25) is 0 Å². The van der Waals surface area contributed by atoms with Gasteiger partial charge < -0.3 is 19.7 Å². The summed E-state index contributed by atoms with van der Waals surface area (Å²) in [6, 6.07) is 0. The molecule has 0 aliphatic carbocycles. The standard InChI is InChI=1S/C35H62O5/c1-3-4-5-6-7-8-12-15-18-21-24-31(36)33-26-27-34(40-33)32(37)25-22-19-16-13-10-9-11-14-17-20-23-30-28-29(2)39-35(30)38/h15,18,28-29,31-34,36-37H,3-14,16-17,19-27H2,1-2H3/b18-15-/t29-,31-,32+,33+,34+/m0/s1. The molecule has 1 fully saturated rings. The molecular formula is C35H62O5. The van der Waals surface area contributed by atoms with E-state index in [2.05, 4.69) is 19.1 Å². The maximum absolute atomic E-state index is 11.6. The van der Waals surface area contributed by atoms with Crippen molar-refractivity contribution < 1.29 is 24.5 Å². The Hall–Kier alpha value is -1.17. The van der Waals surface area contributed by atoms with Crippen LogP contribution in [0.25, 0.3) is 0 Å². The molecule has 2 heterocycles. The summed E-state index contributed by atoms with van der Waals surface area (Å²) < 4.78 is 11.2. The lowest BCUT2D eigenvalue weighted by Crippen LogP contribution is -2.30. The third-order valence-corrected chi connectivity index (χ3v) is 8.65. The van der Waals surface area contributed by atoms with Crippen LogP contribution in [0.1, 0.15) is 162 Å². The van der Waals surface area contributed by atoms with E-state index < -0.39 is 12.2 Å². The van der Waals surface area contributed by atoms with Crippen molar-refractivity contribution in [2.24, 2.45) is 0 Å². The summed E-state index contributed by atoms with van der Waals surface area (Å²) >= 11 is 0. The molecule has 5 nitrogen and oxygen atoms in total. The molecule has 5 heteroatoms. The van der Waals surface area contributed by atoms with Crippen molar-refractivity contribution in [3.05, 3.63) is 23.8 Å². The number of aliphatic hydroxyl groups is 2. The van der Waals surface area contributed by atoms with E-state index in [1.54, 1.807) is 0 Å². The van der Waals surface area contributed by atoms with Crippen molar-refractivity contribution in [3.8, 4) is 0 Å². The normalized spacial score (nSPS) is 22.6. The first-order chi connectivity index (χ1) is 19.5. The highest BCUT2D eigenvalue weighted by atomic mass is 16.5. The van der Waals surface area contributed by atoms with Crippen LogP contribution in [0.3, 0.4) is 0 Å². The number of carbonyl (C=O) groups is 1. The van der Waals surface area contributed by atoms with Crippen LogP contribution in [0.15, 0.2) is 23.8 Å². The highest BCUT2D eigenvalue weighted by molar-refractivity contribution is 5.90. The Bertz CT molecular complexity index is 702. The molecule has 0 bridgehead atoms. The number of rotatable bonds is 25. The van der Waals surface area contributed by atoms with Crippen LogP contribution in [0.5, 0.6) is 0 Å². The van der Waals surface area contributed by atoms with Crippen LogP contribution in [0.4, 0.5) is 0 Å². The van der Waals surface area contributed by atoms with Gasteiger partial charge in [-0.05, 0) is 70.8 Å². The van der Waals surface area contributed by atoms with Crippen LogP contribution >= 0.6 is 0 Å². The molecule has 232 valence electrons. The van der Waals surface area contributed by atoms with Crippen molar-refractivity contribution in [1.82, 2.24) is 0 Å². The van der Waals surface area contributed by atoms with Gasteiger partial charge in [-0.1, -0.05) is 109 Å². The maximum Gasteiger partial charge on any atom is 0.334 e. The first kappa shape index (κ1) is 35.0. The van der Waals surface area contributed by atoms with Crippen molar-refractivity contribution in [2.75, 3.05) is 0 Å². The third-order valence-electron chi connectivity index (χ3n) is 8.65. The second kappa shape index (κ2) is 22.4. The summed E-state index contributed by atoms with van der Waals surface area (Å²) in [4.78, 5) is 11.6. The lowest BCUT2D eigenvalue weighted by molar-refractivity contribution is -0.139. The zero-order valence-corrected chi connectivity index (χ0v) is 26.0. The zero-order chi connectivity index (χ0) is 28.8. The molecule has 5 atom stereocenters. The monoisotopic (exact) mass is 562 g/mol. The largest absolute Gasteiger partial charge is 0.455 e. The van der Waals surface area contributed by atoms with E-state index in [-0.39, 0.29) is 24.3 Å². The second-order valence-corrected chi connectivity index (χ2v) is 12.4. The van der Waals surface area contributed by atoms with Crippen molar-refractivity contribution in [3.63, 3.8) is 0 Å². The number of carbonyl (C=O) groups excluding carboxylic acids is 1. The lowest BCUT2D eigenvalue weighted by atomic mass is 10.0. The van der Waals surface area contributed by atoms with Crippen LogP contribution in [-0.4, -0.2) is 46.7 Å². The number of hydrogen-bond donors (Lipinski definition) is 2. The predicted octanol–water partition coefficient (Wildman–Crippen LogP) is 8.90. The van der Waals surface area contributed by atoms with Gasteiger partial charge in [-0.15, -0.1) is 0 Å². The number of ether oxygens (including phenoxy) is 2. The van der Waals surface area contributed by atoms with Gasteiger partial charge in [0.1, 0.15) is 6.10 Å². The summed E-state index contributed by atoms with van der Waals surface area (Å²) in [6.07, 6.45) is 31.6. The maximum atomic E-state index is 11.6. The van der Waals surface area contributed by atoms with Gasteiger partial charge in [-0.2, -0.15) is 0 Å². The first-order valence-corrected chi connectivity index (χ1v) is 17.1. The molecule has 0 amide bonds. The van der Waals surface area contributed by atoms with Crippen molar-refractivity contribution >= 4 is 5.97 Å². The minimum atomic E-state index is -0.428. The van der Waals surface area contributed by atoms with Gasteiger partial charge in [0.25, 0.3) is 0 Å². The Morgan fingerprint density at radius 2 is 1.27 bits per heavy atom. The van der Waals surface area contributed by atoms with Crippen LogP contribution in [-0.2, 0) is 14.3 Å². The molecular weight excluding hydrogens is 500 g/mol. The molecule has 0 aromatic rings.